The van der Waals surface area contributed by atoms with Crippen molar-refractivity contribution < 1.29 is 0 Å². The van der Waals surface area contributed by atoms with E-state index in [0.29, 0.717) is 11.5 Å². The van der Waals surface area contributed by atoms with Gasteiger partial charge in [0.25, 0.3) is 0 Å². The van der Waals surface area contributed by atoms with Crippen LogP contribution in [0, 0.1) is 33.1 Å². The Labute approximate surface area is 118 Å². The highest BCUT2D eigenvalue weighted by Gasteiger charge is 2.50. The number of nitrogens with zero attached hydrogens (tertiary/aromatic N) is 1. The fraction of sp³-hybridized carbons (Fsp3) is 0.647. The van der Waals surface area contributed by atoms with E-state index in [1.54, 1.807) is 0 Å². The zero-order valence-electron chi connectivity index (χ0n) is 13.3. The van der Waals surface area contributed by atoms with Gasteiger partial charge in [0.05, 0.1) is 0 Å². The van der Waals surface area contributed by atoms with Crippen molar-refractivity contribution in [2.75, 3.05) is 20.6 Å². The summed E-state index contributed by atoms with van der Waals surface area (Å²) in [4.78, 5) is 2.37. The summed E-state index contributed by atoms with van der Waals surface area (Å²) < 4.78 is 0. The third-order valence-corrected chi connectivity index (χ3v) is 5.09. The zero-order valence-corrected chi connectivity index (χ0v) is 13.3. The highest BCUT2D eigenvalue weighted by molar-refractivity contribution is 5.47. The summed E-state index contributed by atoms with van der Waals surface area (Å²) in [5.74, 6) is 0. The summed E-state index contributed by atoms with van der Waals surface area (Å²) in [7, 11) is 4.38. The van der Waals surface area contributed by atoms with Crippen molar-refractivity contribution in [3.8, 4) is 0 Å². The second-order valence-electron chi connectivity index (χ2n) is 6.61. The Bertz CT molecular complexity index is 458. The third kappa shape index (κ3) is 2.32. The molecule has 106 valence electrons. The summed E-state index contributed by atoms with van der Waals surface area (Å²) in [6.45, 7) is 9.77. The highest BCUT2D eigenvalue weighted by atomic mass is 15.1. The lowest BCUT2D eigenvalue weighted by molar-refractivity contribution is 0.197. The van der Waals surface area contributed by atoms with E-state index in [4.69, 9.17) is 5.73 Å². The molecule has 1 fully saturated rings. The van der Waals surface area contributed by atoms with Crippen LogP contribution in [0.4, 0.5) is 0 Å². The molecule has 1 atom stereocenters. The smallest absolute Gasteiger partial charge is 0.0415 e. The van der Waals surface area contributed by atoms with E-state index in [-0.39, 0.29) is 0 Å². The first-order chi connectivity index (χ1) is 8.84. The van der Waals surface area contributed by atoms with Crippen molar-refractivity contribution in [2.45, 2.75) is 46.6 Å². The van der Waals surface area contributed by atoms with Gasteiger partial charge < -0.3 is 10.6 Å². The molecule has 2 nitrogen and oxygen atoms in total. The molecule has 0 heterocycles. The van der Waals surface area contributed by atoms with Gasteiger partial charge >= 0.3 is 0 Å². The normalized spacial score (nSPS) is 18.7. The van der Waals surface area contributed by atoms with Gasteiger partial charge in [0.1, 0.15) is 0 Å². The van der Waals surface area contributed by atoms with Crippen molar-refractivity contribution in [3.05, 3.63) is 33.9 Å². The van der Waals surface area contributed by atoms with E-state index in [1.807, 2.05) is 0 Å². The number of rotatable bonds is 4. The molecule has 1 aliphatic rings. The zero-order chi connectivity index (χ0) is 14.4. The molecule has 0 radical (unpaired) electrons. The molecular weight excluding hydrogens is 232 g/mol. The van der Waals surface area contributed by atoms with Crippen molar-refractivity contribution in [3.63, 3.8) is 0 Å². The van der Waals surface area contributed by atoms with Crippen molar-refractivity contribution in [1.82, 2.24) is 4.90 Å². The molecule has 0 aromatic heterocycles. The molecular formula is C17H28N2. The van der Waals surface area contributed by atoms with E-state index in [0.717, 1.165) is 6.54 Å². The molecule has 19 heavy (non-hydrogen) atoms. The molecule has 0 bridgehead atoms. The molecule has 0 amide bonds. The fourth-order valence-electron chi connectivity index (χ4n) is 3.52. The quantitative estimate of drug-likeness (QED) is 0.900. The lowest BCUT2D eigenvalue weighted by Gasteiger charge is -2.35. The maximum atomic E-state index is 6.09. The number of aryl methyl sites for hydroxylation is 2. The molecule has 1 aliphatic carbocycles. The Kier molecular flexibility index (Phi) is 3.76. The predicted molar refractivity (Wildman–Crippen MR) is 82.5 cm³/mol. The summed E-state index contributed by atoms with van der Waals surface area (Å²) in [6.07, 6.45) is 2.52. The van der Waals surface area contributed by atoms with Gasteiger partial charge in [-0.25, -0.2) is 0 Å². The van der Waals surface area contributed by atoms with E-state index >= 15 is 0 Å². The van der Waals surface area contributed by atoms with Gasteiger partial charge in [0.2, 0.25) is 0 Å². The first-order valence-electron chi connectivity index (χ1n) is 7.28. The molecule has 1 aromatic carbocycles. The van der Waals surface area contributed by atoms with Crippen LogP contribution in [0.3, 0.4) is 0 Å². The van der Waals surface area contributed by atoms with E-state index < -0.39 is 0 Å². The minimum atomic E-state index is 0.305. The lowest BCUT2D eigenvalue weighted by Crippen LogP contribution is -2.34. The average molecular weight is 260 g/mol. The minimum Gasteiger partial charge on any atom is -0.330 e. The topological polar surface area (TPSA) is 29.3 Å². The van der Waals surface area contributed by atoms with Crippen LogP contribution in [-0.4, -0.2) is 25.5 Å². The first-order valence-corrected chi connectivity index (χ1v) is 7.28. The third-order valence-electron chi connectivity index (χ3n) is 5.09. The van der Waals surface area contributed by atoms with Crippen molar-refractivity contribution in [1.29, 1.82) is 0 Å². The second-order valence-corrected chi connectivity index (χ2v) is 6.61. The molecule has 1 saturated carbocycles. The molecule has 2 N–H and O–H groups in total. The van der Waals surface area contributed by atoms with Crippen LogP contribution in [0.5, 0.6) is 0 Å². The number of hydrogen-bond acceptors (Lipinski definition) is 2. The molecule has 2 heteroatoms. The van der Waals surface area contributed by atoms with Gasteiger partial charge in [-0.2, -0.15) is 0 Å². The molecule has 1 aromatic rings. The van der Waals surface area contributed by atoms with E-state index in [2.05, 4.69) is 52.8 Å². The van der Waals surface area contributed by atoms with Crippen LogP contribution < -0.4 is 5.73 Å². The Morgan fingerprint density at radius 2 is 1.58 bits per heavy atom. The Morgan fingerprint density at radius 1 is 1.11 bits per heavy atom. The number of nitrogens with two attached hydrogens (primary N) is 1. The number of hydrogen-bond donors (Lipinski definition) is 1. The Hall–Kier alpha value is -0.860. The van der Waals surface area contributed by atoms with Gasteiger partial charge in [-0.05, 0) is 89.0 Å². The van der Waals surface area contributed by atoms with Gasteiger partial charge in [-0.1, -0.05) is 6.07 Å². The molecule has 0 spiro atoms. The van der Waals surface area contributed by atoms with E-state index in [1.165, 1.54) is 40.7 Å². The largest absolute Gasteiger partial charge is 0.330 e. The van der Waals surface area contributed by atoms with Gasteiger partial charge in [-0.3, -0.25) is 0 Å². The van der Waals surface area contributed by atoms with Gasteiger partial charge in [-0.15, -0.1) is 0 Å². The summed E-state index contributed by atoms with van der Waals surface area (Å²) in [5.41, 5.74) is 13.6. The SMILES string of the molecule is Cc1cc(C)c(C)c(C(N(C)C)C2(CN)CC2)c1C. The van der Waals surface area contributed by atoms with Crippen LogP contribution in [0.2, 0.25) is 0 Å². The lowest BCUT2D eigenvalue weighted by atomic mass is 9.81. The molecule has 1 unspecified atom stereocenters. The molecule has 0 saturated heterocycles. The van der Waals surface area contributed by atoms with Crippen LogP contribution in [-0.2, 0) is 0 Å². The fourth-order valence-corrected chi connectivity index (χ4v) is 3.52. The Morgan fingerprint density at radius 3 is 1.89 bits per heavy atom. The van der Waals surface area contributed by atoms with Crippen LogP contribution in [0.1, 0.15) is 46.7 Å². The van der Waals surface area contributed by atoms with Gasteiger partial charge in [0.15, 0.2) is 0 Å². The second kappa shape index (κ2) is 4.92. The highest BCUT2D eigenvalue weighted by Crippen LogP contribution is 2.57. The van der Waals surface area contributed by atoms with Crippen LogP contribution in [0.15, 0.2) is 6.07 Å². The standard InChI is InChI=1S/C17H28N2/c1-11-9-12(2)14(4)15(13(11)3)16(19(5)6)17(10-18)7-8-17/h9,16H,7-8,10,18H2,1-6H3. The summed E-state index contributed by atoms with van der Waals surface area (Å²) >= 11 is 0. The Balaban J connectivity index is 2.61. The monoisotopic (exact) mass is 260 g/mol. The molecule has 2 rings (SSSR count). The van der Waals surface area contributed by atoms with Gasteiger partial charge in [0, 0.05) is 11.5 Å². The van der Waals surface area contributed by atoms with Crippen molar-refractivity contribution >= 4 is 0 Å². The average Bonchev–Trinajstić information content (AvgIpc) is 3.12. The number of benzene rings is 1. The van der Waals surface area contributed by atoms with Crippen molar-refractivity contribution in [2.24, 2.45) is 11.1 Å². The summed E-state index contributed by atoms with van der Waals surface area (Å²) in [5, 5.41) is 0. The maximum Gasteiger partial charge on any atom is 0.0415 e. The maximum absolute atomic E-state index is 6.09. The van der Waals surface area contributed by atoms with E-state index in [9.17, 15) is 0 Å². The van der Waals surface area contributed by atoms with Crippen LogP contribution >= 0.6 is 0 Å². The summed E-state index contributed by atoms with van der Waals surface area (Å²) in [6, 6.07) is 2.76. The first kappa shape index (κ1) is 14.5. The van der Waals surface area contributed by atoms with Crippen LogP contribution in [0.25, 0.3) is 0 Å². The minimum absolute atomic E-state index is 0.305. The predicted octanol–water partition coefficient (Wildman–Crippen LogP) is 3.26. The molecule has 0 aliphatic heterocycles.